The maximum absolute atomic E-state index is 13.3. The van der Waals surface area contributed by atoms with E-state index in [1.165, 1.54) is 10.9 Å². The zero-order valence-corrected chi connectivity index (χ0v) is 21.7. The zero-order chi connectivity index (χ0) is 28.7. The second-order valence-electron chi connectivity index (χ2n) is 9.77. The number of alkyl halides is 3. The normalized spacial score (nSPS) is 17.0. The molecule has 0 bridgehead atoms. The number of para-hydroxylation sites is 1. The number of amides is 3. The number of ketones is 1. The Kier molecular flexibility index (Phi) is 9.78. The van der Waals surface area contributed by atoms with Crippen LogP contribution in [0.4, 0.5) is 18.9 Å². The molecule has 3 rings (SSSR count). The van der Waals surface area contributed by atoms with E-state index in [9.17, 15) is 32.3 Å². The molecule has 212 valence electrons. The first kappa shape index (κ1) is 29.7. The van der Waals surface area contributed by atoms with Crippen molar-refractivity contribution in [2.45, 2.75) is 58.5 Å². The Morgan fingerprint density at radius 2 is 1.95 bits per heavy atom. The first-order chi connectivity index (χ1) is 18.3. The molecule has 1 saturated heterocycles. The fraction of sp³-hybridized carbons (Fsp3) is 0.520. The largest absolute Gasteiger partial charge is 0.522 e. The van der Waals surface area contributed by atoms with Crippen LogP contribution < -0.4 is 16.0 Å². The van der Waals surface area contributed by atoms with Crippen LogP contribution in [0.15, 0.2) is 30.5 Å². The molecule has 2 aromatic rings. The maximum atomic E-state index is 13.3. The second kappa shape index (κ2) is 12.8. The number of carbonyl (C=O) groups is 4. The van der Waals surface area contributed by atoms with Gasteiger partial charge in [0.05, 0.1) is 12.2 Å². The number of benzene rings is 1. The van der Waals surface area contributed by atoms with Gasteiger partial charge in [-0.25, -0.2) is 4.68 Å². The van der Waals surface area contributed by atoms with Gasteiger partial charge in [-0.2, -0.15) is 0 Å². The van der Waals surface area contributed by atoms with Crippen LogP contribution in [0.25, 0.3) is 0 Å². The molecule has 0 saturated carbocycles. The third-order valence-electron chi connectivity index (χ3n) is 6.22. The van der Waals surface area contributed by atoms with E-state index in [0.717, 1.165) is 5.56 Å². The summed E-state index contributed by atoms with van der Waals surface area (Å²) in [5.41, 5.74) is 1.34. The summed E-state index contributed by atoms with van der Waals surface area (Å²) >= 11 is 0. The van der Waals surface area contributed by atoms with Crippen molar-refractivity contribution in [3.05, 3.63) is 41.7 Å². The Balaban J connectivity index is 1.78. The van der Waals surface area contributed by atoms with E-state index in [4.69, 9.17) is 0 Å². The molecule has 3 atom stereocenters. The third-order valence-corrected chi connectivity index (χ3v) is 6.22. The lowest BCUT2D eigenvalue weighted by Gasteiger charge is -2.24. The van der Waals surface area contributed by atoms with Gasteiger partial charge in [-0.3, -0.25) is 23.9 Å². The standard InChI is InChI=1S/C25H31F3N6O5/c1-14(2)10-20(34-12-19(32-33-34)23(37)30-17-7-5-4-6-15(17)3)24(38)31-18(11-16-8-9-29-22(16)36)21(35)13-39-25(26,27)28/h4-7,12,14,16,18,20H,8-11,13H2,1-3H3,(H,29,36)(H,30,37)(H,31,38). The quantitative estimate of drug-likeness (QED) is 0.367. The van der Waals surface area contributed by atoms with Crippen molar-refractivity contribution in [1.82, 2.24) is 25.6 Å². The molecule has 3 amide bonds. The Morgan fingerprint density at radius 3 is 2.56 bits per heavy atom. The lowest BCUT2D eigenvalue weighted by Crippen LogP contribution is -2.47. The van der Waals surface area contributed by atoms with Gasteiger partial charge >= 0.3 is 6.36 Å². The van der Waals surface area contributed by atoms with Crippen molar-refractivity contribution in [2.24, 2.45) is 11.8 Å². The predicted molar refractivity (Wildman–Crippen MR) is 132 cm³/mol. The highest BCUT2D eigenvalue weighted by Crippen LogP contribution is 2.22. The van der Waals surface area contributed by atoms with Gasteiger partial charge in [0.25, 0.3) is 5.91 Å². The summed E-state index contributed by atoms with van der Waals surface area (Å²) in [4.78, 5) is 50.8. The fourth-order valence-electron chi connectivity index (χ4n) is 4.16. The van der Waals surface area contributed by atoms with Crippen molar-refractivity contribution in [3.63, 3.8) is 0 Å². The molecule has 11 nitrogen and oxygen atoms in total. The lowest BCUT2D eigenvalue weighted by molar-refractivity contribution is -0.321. The second-order valence-corrected chi connectivity index (χ2v) is 9.77. The number of Topliss-reactive ketones (excluding diaryl/α,β-unsaturated/α-hetero) is 1. The number of halogens is 3. The lowest BCUT2D eigenvalue weighted by atomic mass is 9.95. The van der Waals surface area contributed by atoms with Crippen molar-refractivity contribution in [3.8, 4) is 0 Å². The minimum atomic E-state index is -5.04. The number of aromatic nitrogens is 3. The molecule has 1 fully saturated rings. The van der Waals surface area contributed by atoms with Crippen LogP contribution in [0.3, 0.4) is 0 Å². The van der Waals surface area contributed by atoms with Gasteiger partial charge in [0.2, 0.25) is 11.8 Å². The molecule has 1 aliphatic heterocycles. The Morgan fingerprint density at radius 1 is 1.23 bits per heavy atom. The Hall–Kier alpha value is -3.81. The Labute approximate surface area is 222 Å². The summed E-state index contributed by atoms with van der Waals surface area (Å²) in [5, 5.41) is 15.6. The van der Waals surface area contributed by atoms with Gasteiger partial charge in [0.1, 0.15) is 12.6 Å². The smallest absolute Gasteiger partial charge is 0.356 e. The van der Waals surface area contributed by atoms with Crippen molar-refractivity contribution in [2.75, 3.05) is 18.5 Å². The van der Waals surface area contributed by atoms with Crippen molar-refractivity contribution in [1.29, 1.82) is 0 Å². The highest BCUT2D eigenvalue weighted by Gasteiger charge is 2.36. The molecule has 0 radical (unpaired) electrons. The van der Waals surface area contributed by atoms with E-state index in [-0.39, 0.29) is 30.4 Å². The molecular weight excluding hydrogens is 521 g/mol. The molecule has 1 aromatic heterocycles. The number of hydrogen-bond acceptors (Lipinski definition) is 7. The number of hydrogen-bond donors (Lipinski definition) is 3. The highest BCUT2D eigenvalue weighted by atomic mass is 19.4. The number of anilines is 1. The summed E-state index contributed by atoms with van der Waals surface area (Å²) in [6.45, 7) is 4.55. The van der Waals surface area contributed by atoms with E-state index >= 15 is 0 Å². The van der Waals surface area contributed by atoms with Gasteiger partial charge in [0, 0.05) is 18.2 Å². The summed E-state index contributed by atoms with van der Waals surface area (Å²) in [6.07, 6.45) is -3.35. The number of rotatable bonds is 12. The molecule has 0 spiro atoms. The van der Waals surface area contributed by atoms with Crippen LogP contribution in [0, 0.1) is 18.8 Å². The van der Waals surface area contributed by atoms with E-state index < -0.39 is 48.6 Å². The molecule has 3 unspecified atom stereocenters. The first-order valence-corrected chi connectivity index (χ1v) is 12.4. The summed E-state index contributed by atoms with van der Waals surface area (Å²) in [7, 11) is 0. The minimum absolute atomic E-state index is 0.0440. The summed E-state index contributed by atoms with van der Waals surface area (Å²) in [6, 6.07) is 4.68. The minimum Gasteiger partial charge on any atom is -0.356 e. The van der Waals surface area contributed by atoms with Crippen LogP contribution in [-0.4, -0.2) is 64.1 Å². The number of aryl methyl sites for hydroxylation is 1. The summed E-state index contributed by atoms with van der Waals surface area (Å²) < 4.78 is 42.5. The molecule has 1 aliphatic rings. The average Bonchev–Trinajstić information content (AvgIpc) is 3.51. The van der Waals surface area contributed by atoms with Crippen LogP contribution >= 0.6 is 0 Å². The topological polar surface area (TPSA) is 144 Å². The predicted octanol–water partition coefficient (Wildman–Crippen LogP) is 2.54. The van der Waals surface area contributed by atoms with Gasteiger partial charge in [-0.1, -0.05) is 37.3 Å². The molecule has 39 heavy (non-hydrogen) atoms. The van der Waals surface area contributed by atoms with Crippen molar-refractivity contribution < 1.29 is 37.1 Å². The first-order valence-electron chi connectivity index (χ1n) is 12.4. The molecule has 3 N–H and O–H groups in total. The van der Waals surface area contributed by atoms with Gasteiger partial charge in [0.15, 0.2) is 11.5 Å². The van der Waals surface area contributed by atoms with E-state index in [2.05, 4.69) is 31.0 Å². The van der Waals surface area contributed by atoms with Crippen molar-refractivity contribution >= 4 is 29.2 Å². The average molecular weight is 553 g/mol. The number of ether oxygens (including phenoxy) is 1. The number of nitrogens with zero attached hydrogens (tertiary/aromatic N) is 3. The van der Waals surface area contributed by atoms with Crippen LogP contribution in [0.5, 0.6) is 0 Å². The fourth-order valence-corrected chi connectivity index (χ4v) is 4.16. The van der Waals surface area contributed by atoms with Crippen LogP contribution in [0.1, 0.15) is 55.2 Å². The van der Waals surface area contributed by atoms with Crippen LogP contribution in [0.2, 0.25) is 0 Å². The molecule has 14 heteroatoms. The maximum Gasteiger partial charge on any atom is 0.522 e. The van der Waals surface area contributed by atoms with E-state index in [0.29, 0.717) is 18.7 Å². The van der Waals surface area contributed by atoms with Gasteiger partial charge in [-0.15, -0.1) is 18.3 Å². The SMILES string of the molecule is Cc1ccccc1NC(=O)c1cn(C(CC(C)C)C(=O)NC(CC2CCNC2=O)C(=O)COC(F)(F)F)nn1. The van der Waals surface area contributed by atoms with E-state index in [1.807, 2.05) is 32.9 Å². The van der Waals surface area contributed by atoms with Gasteiger partial charge in [-0.05, 0) is 43.7 Å². The van der Waals surface area contributed by atoms with Crippen LogP contribution in [-0.2, 0) is 19.1 Å². The van der Waals surface area contributed by atoms with E-state index in [1.54, 1.807) is 12.1 Å². The highest BCUT2D eigenvalue weighted by molar-refractivity contribution is 6.03. The third kappa shape index (κ3) is 8.60. The number of nitrogens with one attached hydrogen (secondary N) is 3. The summed E-state index contributed by atoms with van der Waals surface area (Å²) in [5.74, 6) is -3.35. The molecule has 0 aliphatic carbocycles. The molecular formula is C25H31F3N6O5. The number of carbonyl (C=O) groups excluding carboxylic acids is 4. The zero-order valence-electron chi connectivity index (χ0n) is 21.7. The molecule has 1 aromatic carbocycles. The van der Waals surface area contributed by atoms with Gasteiger partial charge < -0.3 is 16.0 Å². The molecule has 2 heterocycles. The Bertz CT molecular complexity index is 1200. The monoisotopic (exact) mass is 552 g/mol.